The molecule has 2 saturated heterocycles. The number of thiophene rings is 1. The van der Waals surface area contributed by atoms with Gasteiger partial charge in [0, 0.05) is 106 Å². The molecule has 135 heavy (non-hydrogen) atoms. The van der Waals surface area contributed by atoms with Crippen molar-refractivity contribution in [3.05, 3.63) is 119 Å². The fraction of sp³-hybridized carbons (Fsp3) is 0.533. The standard InChI is InChI=1S/C92H128N22O19S2/c1-10-12-24-70-84(127)103-61(23-18-32-98-91(95)96)80(123)109-69(79(122)100-44-76(94)119)47-134-48-77(120)102-65(35-53-28-30-57(116)31-29-53)86(129)111(7)52(6)78(121)106-67(39-75(93)118)88(131)114-33-19-26-71(114)85(128)105-64(38-56-43-97-49-101-56)82(125)104-62(34-50(3)4)73(117)41-92(40-51(92)5)90(133)110-63(36-54-42-99-60-22-16-14-20-58(54)60)81(124)108-68(45-115)83(126)107-66(37-55-46-135-74-27-17-15-21-59(55)74)87(130)113(9)72(25-13-11-2)89(132)112(70)8/h14-17,20-22,27-31,42-43,46,49-52,61-72,99,115-116H,10-13,18-19,23-26,32-41,44-45,47-48H2,1-9H3,(H2,93,118)(H2,94,119)(H,97,101)(H,100,122)(H,102,120)(H,103,127)(H,104,125)(H,105,128)(H,106,121)(H,107,126)(H,108,124)(H,109,123)(H,110,133)(H4,95,96,98)/t51-,52-,61-,62-,63?,64-,65-,66-,67-,68-,69?,70-,71-,72-,92?/m0/s1. The van der Waals surface area contributed by atoms with E-state index in [0.717, 1.165) is 31.6 Å². The summed E-state index contributed by atoms with van der Waals surface area (Å²) in [4.78, 5) is 265. The number of imidazole rings is 1. The van der Waals surface area contributed by atoms with E-state index in [1.54, 1.807) is 62.7 Å². The van der Waals surface area contributed by atoms with Crippen LogP contribution < -0.4 is 75.7 Å². The van der Waals surface area contributed by atoms with Gasteiger partial charge in [0.15, 0.2) is 11.7 Å². The number of likely N-dealkylation sites (N-methyl/N-ethyl adjacent to an activating group) is 3. The number of primary amides is 2. The molecule has 0 bridgehead atoms. The Balaban J connectivity index is 1.10. The zero-order valence-electron chi connectivity index (χ0n) is 77.5. The summed E-state index contributed by atoms with van der Waals surface area (Å²) in [6, 6.07) is 0.317. The quantitative estimate of drug-likeness (QED) is 0.0190. The second-order valence-corrected chi connectivity index (χ2v) is 37.3. The summed E-state index contributed by atoms with van der Waals surface area (Å²) in [6.07, 6.45) is 4.07. The van der Waals surface area contributed by atoms with Gasteiger partial charge in [-0.15, -0.1) is 23.1 Å². The molecule has 3 aromatic carbocycles. The van der Waals surface area contributed by atoms with Crippen LogP contribution in [0.4, 0.5) is 0 Å². The summed E-state index contributed by atoms with van der Waals surface area (Å²) in [5.41, 5.74) is 17.9. The van der Waals surface area contributed by atoms with Crippen molar-refractivity contribution >= 4 is 150 Å². The maximum atomic E-state index is 15.8. The molecule has 43 heteroatoms. The number of aromatic hydroxyl groups is 1. The van der Waals surface area contributed by atoms with Crippen molar-refractivity contribution in [3.63, 3.8) is 0 Å². The number of aromatic nitrogens is 3. The molecule has 1 aliphatic carbocycles. The summed E-state index contributed by atoms with van der Waals surface area (Å²) in [7, 11) is 3.96. The topological polar surface area (TPSA) is 622 Å². The van der Waals surface area contributed by atoms with Crippen LogP contribution in [0.2, 0.25) is 0 Å². The highest BCUT2D eigenvalue weighted by Crippen LogP contribution is 2.56. The number of thioether (sulfide) groups is 1. The number of nitrogens with two attached hydrogens (primary N) is 3. The molecule has 3 unspecified atom stereocenters. The molecule has 2 aliphatic heterocycles. The van der Waals surface area contributed by atoms with Gasteiger partial charge in [-0.25, -0.2) is 4.98 Å². The van der Waals surface area contributed by atoms with Crippen LogP contribution in [0.1, 0.15) is 154 Å². The molecule has 15 atom stereocenters. The van der Waals surface area contributed by atoms with Crippen LogP contribution in [-0.4, -0.2) is 288 Å². The molecule has 22 N–H and O–H groups in total. The number of H-pyrrole nitrogens is 2. The third-order valence-electron chi connectivity index (χ3n) is 24.8. The fourth-order valence-electron chi connectivity index (χ4n) is 16.8. The first-order valence-corrected chi connectivity index (χ1v) is 47.5. The first-order chi connectivity index (χ1) is 64.3. The number of para-hydroxylation sites is 1. The van der Waals surface area contributed by atoms with Crippen molar-refractivity contribution in [2.45, 2.75) is 236 Å². The Morgan fingerprint density at radius 2 is 1.19 bits per heavy atom. The number of phenolic OH excluding ortho intramolecular Hbond substituents is 1. The van der Waals surface area contributed by atoms with Gasteiger partial charge in [0.2, 0.25) is 94.5 Å². The molecule has 732 valence electrons. The first-order valence-electron chi connectivity index (χ1n) is 45.5. The fourth-order valence-corrected chi connectivity index (χ4v) is 18.7. The molecule has 3 aromatic heterocycles. The van der Waals surface area contributed by atoms with E-state index in [2.05, 4.69) is 73.4 Å². The van der Waals surface area contributed by atoms with Gasteiger partial charge in [-0.05, 0) is 122 Å². The van der Waals surface area contributed by atoms with E-state index in [9.17, 15) is 53.4 Å². The second-order valence-electron chi connectivity index (χ2n) is 35.3. The number of carbonyl (C=O) groups is 17. The summed E-state index contributed by atoms with van der Waals surface area (Å²) < 4.78 is 0.827. The van der Waals surface area contributed by atoms with Crippen molar-refractivity contribution in [2.75, 3.05) is 58.9 Å². The maximum Gasteiger partial charge on any atom is 0.246 e. The van der Waals surface area contributed by atoms with Gasteiger partial charge in [0.25, 0.3) is 0 Å². The number of phenols is 1. The van der Waals surface area contributed by atoms with Crippen molar-refractivity contribution in [1.29, 1.82) is 5.41 Å². The van der Waals surface area contributed by atoms with Gasteiger partial charge in [-0.3, -0.25) is 86.9 Å². The first kappa shape index (κ1) is 106. The van der Waals surface area contributed by atoms with Crippen LogP contribution in [0.25, 0.3) is 21.0 Å². The maximum absolute atomic E-state index is 15.8. The number of rotatable bonds is 26. The number of aliphatic hydroxyl groups is 1. The van der Waals surface area contributed by atoms with Crippen LogP contribution in [0, 0.1) is 22.7 Å². The number of ketones is 1. The molecular formula is C92H128N22O19S2. The molecule has 3 fully saturated rings. The smallest absolute Gasteiger partial charge is 0.246 e. The van der Waals surface area contributed by atoms with E-state index in [-0.39, 0.29) is 102 Å². The highest BCUT2D eigenvalue weighted by atomic mass is 32.2. The van der Waals surface area contributed by atoms with Crippen LogP contribution >= 0.6 is 23.1 Å². The van der Waals surface area contributed by atoms with Gasteiger partial charge in [0.05, 0.1) is 43.1 Å². The van der Waals surface area contributed by atoms with E-state index in [4.69, 9.17) is 22.6 Å². The number of guanidine groups is 1. The number of Topliss-reactive ketones (excluding diaryl/α,β-unsaturated/α-hetero) is 1. The van der Waals surface area contributed by atoms with Crippen LogP contribution in [-0.2, 0) is 107 Å². The minimum Gasteiger partial charge on any atom is -0.508 e. The molecular weight excluding hydrogens is 1780 g/mol. The number of aromatic amines is 2. The highest BCUT2D eigenvalue weighted by Gasteiger charge is 2.59. The summed E-state index contributed by atoms with van der Waals surface area (Å²) >= 11 is 2.13. The van der Waals surface area contributed by atoms with Gasteiger partial charge >= 0.3 is 0 Å². The number of fused-ring (bicyclic) bond motifs is 3. The highest BCUT2D eigenvalue weighted by molar-refractivity contribution is 8.00. The molecule has 5 heterocycles. The van der Waals surface area contributed by atoms with Gasteiger partial charge in [-0.2, -0.15) is 0 Å². The molecule has 6 aromatic rings. The summed E-state index contributed by atoms with van der Waals surface area (Å²) in [5, 5.41) is 62.0. The Kier molecular flexibility index (Phi) is 39.0. The van der Waals surface area contributed by atoms with Gasteiger partial charge in [-0.1, -0.05) is 109 Å². The van der Waals surface area contributed by atoms with Gasteiger partial charge < -0.3 is 115 Å². The average Bonchev–Trinajstić information content (AvgIpc) is 1.58. The lowest BCUT2D eigenvalue weighted by Crippen LogP contribution is -2.61. The Hall–Kier alpha value is -13.1. The van der Waals surface area contributed by atoms with Crippen molar-refractivity contribution in [2.24, 2.45) is 34.5 Å². The third-order valence-corrected chi connectivity index (χ3v) is 26.9. The van der Waals surface area contributed by atoms with E-state index in [1.807, 2.05) is 32.0 Å². The Morgan fingerprint density at radius 3 is 1.84 bits per heavy atom. The number of aliphatic hydroxyl groups excluding tert-OH is 1. The lowest BCUT2D eigenvalue weighted by atomic mass is 9.89. The number of carbonyl (C=O) groups excluding carboxylic acids is 17. The lowest BCUT2D eigenvalue weighted by molar-refractivity contribution is -0.149. The predicted octanol–water partition coefficient (Wildman–Crippen LogP) is -0.172. The number of unbranched alkanes of at least 4 members (excludes halogenated alkanes) is 2. The normalized spacial score (nSPS) is 25.2. The number of hydrogen-bond donors (Lipinski definition) is 19. The van der Waals surface area contributed by atoms with Crippen molar-refractivity contribution in [3.8, 4) is 5.75 Å². The predicted molar refractivity (Wildman–Crippen MR) is 503 cm³/mol. The number of nitrogens with one attached hydrogen (secondary N) is 14. The molecule has 3 aliphatic rings. The second kappa shape index (κ2) is 49.8. The van der Waals surface area contributed by atoms with Crippen LogP contribution in [0.15, 0.2) is 96.9 Å². The molecule has 9 rings (SSSR count). The number of benzene rings is 3. The van der Waals surface area contributed by atoms with Crippen molar-refractivity contribution < 1.29 is 91.7 Å². The van der Waals surface area contributed by atoms with E-state index in [1.165, 1.54) is 86.0 Å². The van der Waals surface area contributed by atoms with Gasteiger partial charge in [0.1, 0.15) is 78.3 Å². The minimum atomic E-state index is -1.83. The number of hydrogen-bond acceptors (Lipinski definition) is 23. The van der Waals surface area contributed by atoms with E-state index < -0.39 is 234 Å². The summed E-state index contributed by atoms with van der Waals surface area (Å²) in [5.74, 6) is -17.5. The van der Waals surface area contributed by atoms with E-state index >= 15 is 38.4 Å². The molecule has 16 amide bonds. The zero-order chi connectivity index (χ0) is 98.7. The zero-order valence-corrected chi connectivity index (χ0v) is 79.1. The Labute approximate surface area is 790 Å². The SMILES string of the molecule is CCCC[C@H]1C(=O)N(C)[C@@H](CCCC)C(=O)N[C@@H](CCCNC(=N)N)C(=O)NC(C(=O)NCC(N)=O)CSCC(=O)N[C@@H](Cc2ccc(O)cc2)C(=O)N(C)[C@@H](C)C(=O)N[C@@H](CC(N)=O)C(=O)N2CCC[C@H]2C(=O)N[C@@H](Cc2cnc[nH]2)C(=O)N[C@@H](CC(C)C)C(=O)CC2(C[C@@H]2C)C(=O)NC(Cc2c[nH]c3ccccc23)C(=O)N[C@@H](CO)C(=O)N[C@@H](Cc2csc3ccccc23)C(=O)N1C. The van der Waals surface area contributed by atoms with E-state index in [0.29, 0.717) is 59.0 Å². The monoisotopic (exact) mass is 1910 g/mol. The van der Waals surface area contributed by atoms with Crippen molar-refractivity contribution in [1.82, 2.24) is 93.0 Å². The summed E-state index contributed by atoms with van der Waals surface area (Å²) in [6.45, 7) is 8.45. The molecule has 0 radical (unpaired) electrons. The minimum absolute atomic E-state index is 0.00578. The molecule has 41 nitrogen and oxygen atoms in total. The number of nitrogens with zero attached hydrogens (tertiary/aromatic N) is 5. The average molecular weight is 1910 g/mol. The van der Waals surface area contributed by atoms with Crippen LogP contribution in [0.3, 0.4) is 0 Å². The lowest BCUT2D eigenvalue weighted by Gasteiger charge is -2.36. The third kappa shape index (κ3) is 29.2. The molecule has 1 spiro atoms. The Bertz CT molecular complexity index is 5240. The number of amides is 16. The molecule has 1 saturated carbocycles. The largest absolute Gasteiger partial charge is 0.508 e. The van der Waals surface area contributed by atoms with Crippen LogP contribution in [0.5, 0.6) is 5.75 Å². The Morgan fingerprint density at radius 1 is 0.600 bits per heavy atom.